The second-order valence-electron chi connectivity index (χ2n) is 16.8. The van der Waals surface area contributed by atoms with Gasteiger partial charge in [0.15, 0.2) is 0 Å². The van der Waals surface area contributed by atoms with Gasteiger partial charge < -0.3 is 5.11 Å². The van der Waals surface area contributed by atoms with Crippen molar-refractivity contribution in [3.8, 4) is 0 Å². The molecule has 2 heterocycles. The van der Waals surface area contributed by atoms with Gasteiger partial charge in [0.05, 0.1) is 29.7 Å². The van der Waals surface area contributed by atoms with Crippen LogP contribution in [0, 0.1) is 56.7 Å². The summed E-state index contributed by atoms with van der Waals surface area (Å²) in [6, 6.07) is 0. The minimum Gasteiger partial charge on any atom is -0.463 e. The summed E-state index contributed by atoms with van der Waals surface area (Å²) < 4.78 is 2.48. The van der Waals surface area contributed by atoms with E-state index in [0.29, 0.717) is 29.6 Å². The fourth-order valence-corrected chi connectivity index (χ4v) is 13.1. The molecular weight excluding hydrogens is 552 g/mol. The van der Waals surface area contributed by atoms with Gasteiger partial charge in [-0.1, -0.05) is 57.2 Å². The first kappa shape index (κ1) is 29.8. The Morgan fingerprint density at radius 2 is 1.66 bits per heavy atom. The van der Waals surface area contributed by atoms with Gasteiger partial charge in [-0.05, 0) is 122 Å². The van der Waals surface area contributed by atoms with E-state index in [0.717, 1.165) is 55.3 Å². The number of aromatic nitrogens is 6. The predicted octanol–water partition coefficient (Wildman–Crippen LogP) is 7.48. The molecule has 0 spiro atoms. The molecule has 44 heavy (non-hydrogen) atoms. The van der Waals surface area contributed by atoms with E-state index < -0.39 is 6.09 Å². The Bertz CT molecular complexity index is 1500. The zero-order valence-corrected chi connectivity index (χ0v) is 27.4. The van der Waals surface area contributed by atoms with Crippen LogP contribution in [0.2, 0.25) is 0 Å². The summed E-state index contributed by atoms with van der Waals surface area (Å²) >= 11 is 0. The standard InChI is InChI=1S/C35H50N6O3/c1-21(2)22-10-15-35(29(42)40-19-18-36-38-40)17-16-33(6)24(28(22)35)8-9-27-32(5)13-11-23(25-20-41(30(43)44)39-37-25)31(3,4)26(32)12-14-34(27,33)7/h18-20,22-24,26-28H,1,8-17H2,2-7H3,(H,43,44)/t22-,23+,24+,26-,27+,28+,32-,33+,34+,35-/m0/s1. The Morgan fingerprint density at radius 3 is 2.32 bits per heavy atom. The topological polar surface area (TPSA) is 116 Å². The molecule has 5 aliphatic carbocycles. The lowest BCUT2D eigenvalue weighted by atomic mass is 9.32. The van der Waals surface area contributed by atoms with Crippen LogP contribution in [-0.2, 0) is 0 Å². The fraction of sp³-hybridized carbons (Fsp3) is 0.771. The normalized spacial score (nSPS) is 44.1. The van der Waals surface area contributed by atoms with Crippen molar-refractivity contribution >= 4 is 12.0 Å². The minimum absolute atomic E-state index is 0.0200. The van der Waals surface area contributed by atoms with E-state index in [9.17, 15) is 14.7 Å². The lowest BCUT2D eigenvalue weighted by Crippen LogP contribution is -2.66. The summed E-state index contributed by atoms with van der Waals surface area (Å²) in [5, 5.41) is 25.9. The average Bonchev–Trinajstić information content (AvgIpc) is 3.73. The molecule has 0 bridgehead atoms. The van der Waals surface area contributed by atoms with Crippen molar-refractivity contribution in [2.75, 3.05) is 0 Å². The maximum absolute atomic E-state index is 14.3. The van der Waals surface area contributed by atoms with Crippen molar-refractivity contribution in [2.45, 2.75) is 112 Å². The van der Waals surface area contributed by atoms with E-state index in [1.165, 1.54) is 29.5 Å². The van der Waals surface area contributed by atoms with Gasteiger partial charge in [0.25, 0.3) is 5.91 Å². The summed E-state index contributed by atoms with van der Waals surface area (Å²) in [4.78, 5) is 25.8. The fourth-order valence-electron chi connectivity index (χ4n) is 13.1. The van der Waals surface area contributed by atoms with Gasteiger partial charge >= 0.3 is 6.09 Å². The molecule has 2 aromatic heterocycles. The quantitative estimate of drug-likeness (QED) is 0.362. The van der Waals surface area contributed by atoms with Crippen molar-refractivity contribution in [3.63, 3.8) is 0 Å². The van der Waals surface area contributed by atoms with E-state index in [1.54, 1.807) is 18.6 Å². The second kappa shape index (κ2) is 9.58. The van der Waals surface area contributed by atoms with E-state index in [1.807, 2.05) is 0 Å². The largest absolute Gasteiger partial charge is 0.463 e. The third-order valence-corrected chi connectivity index (χ3v) is 15.2. The highest BCUT2D eigenvalue weighted by Gasteiger charge is 2.72. The van der Waals surface area contributed by atoms with Crippen LogP contribution in [0.25, 0.3) is 0 Å². The van der Waals surface area contributed by atoms with Gasteiger partial charge in [-0.2, -0.15) is 9.36 Å². The molecule has 0 aromatic carbocycles. The molecule has 0 saturated heterocycles. The molecule has 0 aliphatic heterocycles. The van der Waals surface area contributed by atoms with Crippen LogP contribution < -0.4 is 0 Å². The van der Waals surface area contributed by atoms with Crippen LogP contribution in [0.1, 0.15) is 122 Å². The molecule has 9 nitrogen and oxygen atoms in total. The van der Waals surface area contributed by atoms with E-state index >= 15 is 0 Å². The van der Waals surface area contributed by atoms with Crippen LogP contribution in [0.5, 0.6) is 0 Å². The van der Waals surface area contributed by atoms with Gasteiger partial charge in [-0.15, -0.1) is 10.2 Å². The Kier molecular flexibility index (Phi) is 6.50. The number of hydrogen-bond donors (Lipinski definition) is 1. The summed E-state index contributed by atoms with van der Waals surface area (Å²) in [6.07, 6.45) is 14.7. The minimum atomic E-state index is -1.09. The third kappa shape index (κ3) is 3.70. The van der Waals surface area contributed by atoms with Crippen LogP contribution >= 0.6 is 0 Å². The summed E-state index contributed by atoms with van der Waals surface area (Å²) in [5.41, 5.74) is 2.16. The van der Waals surface area contributed by atoms with Gasteiger partial charge in [-0.3, -0.25) is 4.79 Å². The van der Waals surface area contributed by atoms with E-state index in [2.05, 4.69) is 68.7 Å². The highest BCUT2D eigenvalue weighted by molar-refractivity contribution is 5.85. The number of rotatable bonds is 3. The van der Waals surface area contributed by atoms with Crippen LogP contribution in [0.4, 0.5) is 4.79 Å². The number of allylic oxidation sites excluding steroid dienone is 1. The second-order valence-corrected chi connectivity index (χ2v) is 16.8. The van der Waals surface area contributed by atoms with Crippen molar-refractivity contribution in [2.24, 2.45) is 56.7 Å². The van der Waals surface area contributed by atoms with Crippen molar-refractivity contribution in [3.05, 3.63) is 36.4 Å². The third-order valence-electron chi connectivity index (χ3n) is 15.2. The smallest absolute Gasteiger partial charge is 0.433 e. The Labute approximate surface area is 261 Å². The zero-order chi connectivity index (χ0) is 31.4. The molecule has 0 radical (unpaired) electrons. The first-order valence-electron chi connectivity index (χ1n) is 16.9. The Balaban J connectivity index is 1.23. The molecule has 9 heteroatoms. The maximum Gasteiger partial charge on any atom is 0.433 e. The molecule has 7 rings (SSSR count). The van der Waals surface area contributed by atoms with Crippen molar-refractivity contribution in [1.82, 2.24) is 30.0 Å². The predicted molar refractivity (Wildman–Crippen MR) is 166 cm³/mol. The molecule has 5 aliphatic rings. The Morgan fingerprint density at radius 1 is 0.886 bits per heavy atom. The average molecular weight is 603 g/mol. The molecular formula is C35H50N6O3. The highest BCUT2D eigenvalue weighted by Crippen LogP contribution is 2.78. The summed E-state index contributed by atoms with van der Waals surface area (Å²) in [5.74, 6) is 2.60. The molecule has 238 valence electrons. The maximum atomic E-state index is 14.3. The van der Waals surface area contributed by atoms with E-state index in [-0.39, 0.29) is 38.9 Å². The number of carbonyl (C=O) groups excluding carboxylic acids is 1. The molecule has 5 fully saturated rings. The first-order chi connectivity index (χ1) is 20.7. The lowest BCUT2D eigenvalue weighted by molar-refractivity contribution is -0.235. The van der Waals surface area contributed by atoms with E-state index in [4.69, 9.17) is 0 Å². The number of hydrogen-bond acceptors (Lipinski definition) is 6. The molecule has 1 N–H and O–H groups in total. The van der Waals surface area contributed by atoms with Gasteiger partial charge in [-0.25, -0.2) is 4.79 Å². The zero-order valence-electron chi connectivity index (χ0n) is 27.4. The molecule has 2 aromatic rings. The lowest BCUT2D eigenvalue weighted by Gasteiger charge is -2.73. The van der Waals surface area contributed by atoms with Gasteiger partial charge in [0, 0.05) is 5.92 Å². The number of nitrogens with zero attached hydrogens (tertiary/aromatic N) is 6. The Hall–Kier alpha value is -2.84. The number of carbonyl (C=O) groups is 2. The molecule has 0 unspecified atom stereocenters. The van der Waals surface area contributed by atoms with Crippen LogP contribution in [0.3, 0.4) is 0 Å². The van der Waals surface area contributed by atoms with Crippen molar-refractivity contribution < 1.29 is 14.7 Å². The van der Waals surface area contributed by atoms with Gasteiger partial charge in [0.1, 0.15) is 0 Å². The van der Waals surface area contributed by atoms with Crippen LogP contribution in [0.15, 0.2) is 30.7 Å². The van der Waals surface area contributed by atoms with Gasteiger partial charge in [0.2, 0.25) is 0 Å². The van der Waals surface area contributed by atoms with Crippen LogP contribution in [-0.4, -0.2) is 47.1 Å². The number of carboxylic acid groups (broad SMARTS) is 1. The number of fused-ring (bicyclic) bond motifs is 7. The summed E-state index contributed by atoms with van der Waals surface area (Å²) in [7, 11) is 0. The monoisotopic (exact) mass is 602 g/mol. The van der Waals surface area contributed by atoms with Crippen molar-refractivity contribution in [1.29, 1.82) is 0 Å². The molecule has 0 amide bonds. The summed E-state index contributed by atoms with van der Waals surface area (Å²) in [6.45, 7) is 19.3. The SMILES string of the molecule is C=C(C)[C@@H]1CC[C@]2(C(=O)n3ccnn3)CC[C@]3(C)[C@H](CC[C@@H]4[C@@]5(C)CC[C@H](c6cn(C(=O)O)nn6)C(C)(C)[C@@H]5CC[C@]43C)[C@@H]12. The first-order valence-corrected chi connectivity index (χ1v) is 16.9. The molecule has 10 atom stereocenters. The molecule has 5 saturated carbocycles. The highest BCUT2D eigenvalue weighted by atomic mass is 16.4.